The van der Waals surface area contributed by atoms with Crippen LogP contribution in [0.2, 0.25) is 0 Å². The van der Waals surface area contributed by atoms with E-state index < -0.39 is 4.92 Å². The Morgan fingerprint density at radius 1 is 1.00 bits per heavy atom. The molecule has 0 aliphatic carbocycles. The number of carbonyl (C=O) groups is 1. The number of nitrogens with zero attached hydrogens (tertiary/aromatic N) is 4. The second-order valence-electron chi connectivity index (χ2n) is 7.10. The van der Waals surface area contributed by atoms with Crippen molar-refractivity contribution in [1.29, 1.82) is 0 Å². The molecule has 0 radical (unpaired) electrons. The average molecular weight is 539 g/mol. The van der Waals surface area contributed by atoms with Crippen LogP contribution in [0.25, 0.3) is 5.69 Å². The fraction of sp³-hybridized carbons (Fsp3) is 0.0870. The maximum absolute atomic E-state index is 12.4. The summed E-state index contributed by atoms with van der Waals surface area (Å²) in [4.78, 5) is 23.0. The molecule has 1 heterocycles. The predicted molar refractivity (Wildman–Crippen MR) is 134 cm³/mol. The molecule has 0 atom stereocenters. The van der Waals surface area contributed by atoms with Crippen molar-refractivity contribution < 1.29 is 9.72 Å². The molecule has 2 amide bonds. The first-order chi connectivity index (χ1) is 16.5. The zero-order valence-electron chi connectivity index (χ0n) is 17.7. The van der Waals surface area contributed by atoms with E-state index in [0.29, 0.717) is 28.1 Å². The van der Waals surface area contributed by atoms with E-state index in [2.05, 4.69) is 36.8 Å². The lowest BCUT2D eigenvalue weighted by atomic mass is 10.2. The molecular formula is C23H19BrN6O3S. The number of rotatable bonds is 8. The van der Waals surface area contributed by atoms with E-state index >= 15 is 0 Å². The molecular weight excluding hydrogens is 520 g/mol. The van der Waals surface area contributed by atoms with Gasteiger partial charge in [0, 0.05) is 33.7 Å². The van der Waals surface area contributed by atoms with Gasteiger partial charge in [0.25, 0.3) is 5.69 Å². The molecule has 0 bridgehead atoms. The largest absolute Gasteiger partial charge is 0.331 e. The Morgan fingerprint density at radius 2 is 1.71 bits per heavy atom. The van der Waals surface area contributed by atoms with Crippen LogP contribution in [0.4, 0.5) is 16.2 Å². The van der Waals surface area contributed by atoms with Crippen molar-refractivity contribution in [2.75, 3.05) is 5.32 Å². The lowest BCUT2D eigenvalue weighted by Gasteiger charge is -2.11. The number of halogens is 1. The van der Waals surface area contributed by atoms with Crippen molar-refractivity contribution in [2.24, 2.45) is 0 Å². The van der Waals surface area contributed by atoms with E-state index in [1.54, 1.807) is 28.8 Å². The first kappa shape index (κ1) is 23.5. The second-order valence-corrected chi connectivity index (χ2v) is 8.95. The molecule has 0 spiro atoms. The van der Waals surface area contributed by atoms with Crippen LogP contribution in [0, 0.1) is 10.1 Å². The van der Waals surface area contributed by atoms with Crippen molar-refractivity contribution in [1.82, 2.24) is 20.1 Å². The average Bonchev–Trinajstić information content (AvgIpc) is 3.26. The number of thioether (sulfide) groups is 1. The number of nitro benzene ring substituents is 1. The number of nitro groups is 1. The molecule has 1 aromatic heterocycles. The van der Waals surface area contributed by atoms with E-state index in [-0.39, 0.29) is 18.3 Å². The van der Waals surface area contributed by atoms with Crippen molar-refractivity contribution in [3.63, 3.8) is 0 Å². The maximum atomic E-state index is 12.4. The molecule has 4 rings (SSSR count). The van der Waals surface area contributed by atoms with E-state index in [1.165, 1.54) is 23.9 Å². The molecule has 0 saturated carbocycles. The van der Waals surface area contributed by atoms with Crippen LogP contribution in [0.15, 0.2) is 88.5 Å². The first-order valence-electron chi connectivity index (χ1n) is 10.2. The van der Waals surface area contributed by atoms with Crippen LogP contribution in [0.1, 0.15) is 11.4 Å². The fourth-order valence-electron chi connectivity index (χ4n) is 3.08. The monoisotopic (exact) mass is 538 g/mol. The molecule has 34 heavy (non-hydrogen) atoms. The van der Waals surface area contributed by atoms with Crippen LogP contribution < -0.4 is 10.6 Å². The third kappa shape index (κ3) is 6.00. The summed E-state index contributed by atoms with van der Waals surface area (Å²) in [6.45, 7) is 0.109. The summed E-state index contributed by atoms with van der Waals surface area (Å²) in [5.74, 6) is 1.17. The number of aromatic nitrogens is 3. The smallest absolute Gasteiger partial charge is 0.319 e. The normalized spacial score (nSPS) is 10.6. The highest BCUT2D eigenvalue weighted by Crippen LogP contribution is 2.26. The Hall–Kier alpha value is -3.70. The van der Waals surface area contributed by atoms with E-state index in [0.717, 1.165) is 10.0 Å². The topological polar surface area (TPSA) is 115 Å². The minimum absolute atomic E-state index is 0.0103. The van der Waals surface area contributed by atoms with Gasteiger partial charge in [-0.3, -0.25) is 14.7 Å². The summed E-state index contributed by atoms with van der Waals surface area (Å²) >= 11 is 4.85. The number of benzene rings is 3. The van der Waals surface area contributed by atoms with Crippen molar-refractivity contribution >= 4 is 45.1 Å². The predicted octanol–water partition coefficient (Wildman–Crippen LogP) is 5.55. The van der Waals surface area contributed by atoms with Crippen LogP contribution in [0.5, 0.6) is 0 Å². The number of urea groups is 1. The Balaban J connectivity index is 1.53. The van der Waals surface area contributed by atoms with Gasteiger partial charge in [-0.2, -0.15) is 0 Å². The molecule has 2 N–H and O–H groups in total. The standard InChI is InChI=1S/C23H19BrN6O3S/c24-17-6-8-18(9-7-17)26-22(31)25-14-21-27-28-23(34-15-16-4-2-1-3-5-16)29(21)19-10-12-20(13-11-19)30(32)33/h1-13H,14-15H2,(H2,25,26,31). The van der Waals surface area contributed by atoms with Crippen LogP contribution in [-0.4, -0.2) is 25.7 Å². The molecule has 4 aromatic rings. The van der Waals surface area contributed by atoms with Gasteiger partial charge in [0.2, 0.25) is 0 Å². The number of nitrogens with one attached hydrogen (secondary N) is 2. The second kappa shape index (κ2) is 10.9. The quantitative estimate of drug-likeness (QED) is 0.172. The van der Waals surface area contributed by atoms with E-state index in [1.807, 2.05) is 42.5 Å². The molecule has 0 fully saturated rings. The minimum Gasteiger partial charge on any atom is -0.331 e. The zero-order chi connectivity index (χ0) is 23.9. The summed E-state index contributed by atoms with van der Waals surface area (Å²) < 4.78 is 2.70. The molecule has 0 unspecified atom stereocenters. The summed E-state index contributed by atoms with van der Waals surface area (Å²) in [5.41, 5.74) is 2.43. The van der Waals surface area contributed by atoms with Crippen molar-refractivity contribution in [3.05, 3.63) is 105 Å². The number of non-ortho nitro benzene ring substituents is 1. The number of amides is 2. The number of hydrogen-bond acceptors (Lipinski definition) is 6. The minimum atomic E-state index is -0.448. The summed E-state index contributed by atoms with van der Waals surface area (Å²) in [5, 5.41) is 25.8. The molecule has 11 heteroatoms. The highest BCUT2D eigenvalue weighted by molar-refractivity contribution is 9.10. The number of anilines is 1. The van der Waals surface area contributed by atoms with Gasteiger partial charge >= 0.3 is 6.03 Å². The van der Waals surface area contributed by atoms with Crippen LogP contribution in [-0.2, 0) is 12.3 Å². The van der Waals surface area contributed by atoms with Crippen LogP contribution in [0.3, 0.4) is 0 Å². The fourth-order valence-corrected chi connectivity index (χ4v) is 4.27. The summed E-state index contributed by atoms with van der Waals surface area (Å²) in [6, 6.07) is 22.9. The SMILES string of the molecule is O=C(NCc1nnc(SCc2ccccc2)n1-c1ccc([N+](=O)[O-])cc1)Nc1ccc(Br)cc1. The Labute approximate surface area is 207 Å². The van der Waals surface area contributed by atoms with Gasteiger partial charge in [-0.1, -0.05) is 58.0 Å². The Bertz CT molecular complexity index is 1280. The first-order valence-corrected chi connectivity index (χ1v) is 11.9. The van der Waals surface area contributed by atoms with Gasteiger partial charge in [-0.15, -0.1) is 10.2 Å². The zero-order valence-corrected chi connectivity index (χ0v) is 20.1. The van der Waals surface area contributed by atoms with Gasteiger partial charge in [0.1, 0.15) is 0 Å². The van der Waals surface area contributed by atoms with Gasteiger partial charge in [0.15, 0.2) is 11.0 Å². The number of carbonyl (C=O) groups excluding carboxylic acids is 1. The highest BCUT2D eigenvalue weighted by atomic mass is 79.9. The van der Waals surface area contributed by atoms with Gasteiger partial charge < -0.3 is 10.6 Å². The summed E-state index contributed by atoms with van der Waals surface area (Å²) in [7, 11) is 0. The Kier molecular flexibility index (Phi) is 7.55. The molecule has 0 aliphatic heterocycles. The molecule has 0 aliphatic rings. The molecule has 3 aromatic carbocycles. The lowest BCUT2D eigenvalue weighted by molar-refractivity contribution is -0.384. The molecule has 0 saturated heterocycles. The van der Waals surface area contributed by atoms with Crippen molar-refractivity contribution in [2.45, 2.75) is 17.5 Å². The van der Waals surface area contributed by atoms with Gasteiger partial charge in [-0.25, -0.2) is 4.79 Å². The van der Waals surface area contributed by atoms with E-state index in [4.69, 9.17) is 0 Å². The third-order valence-corrected chi connectivity index (χ3v) is 6.27. The lowest BCUT2D eigenvalue weighted by Crippen LogP contribution is -2.29. The van der Waals surface area contributed by atoms with Gasteiger partial charge in [0.05, 0.1) is 11.5 Å². The Morgan fingerprint density at radius 3 is 2.38 bits per heavy atom. The van der Waals surface area contributed by atoms with E-state index in [9.17, 15) is 14.9 Å². The van der Waals surface area contributed by atoms with Gasteiger partial charge in [-0.05, 0) is 42.0 Å². The maximum Gasteiger partial charge on any atom is 0.319 e. The van der Waals surface area contributed by atoms with Crippen LogP contribution >= 0.6 is 27.7 Å². The third-order valence-electron chi connectivity index (χ3n) is 4.74. The molecule has 9 nitrogen and oxygen atoms in total. The summed E-state index contributed by atoms with van der Waals surface area (Å²) in [6.07, 6.45) is 0. The highest BCUT2D eigenvalue weighted by Gasteiger charge is 2.17. The van der Waals surface area contributed by atoms with Crippen molar-refractivity contribution in [3.8, 4) is 5.69 Å². The molecule has 172 valence electrons. The number of hydrogen-bond donors (Lipinski definition) is 2.